The summed E-state index contributed by atoms with van der Waals surface area (Å²) < 4.78 is 7.02. The van der Waals surface area contributed by atoms with Crippen LogP contribution < -0.4 is 10.6 Å². The second kappa shape index (κ2) is 8.34. The highest BCUT2D eigenvalue weighted by molar-refractivity contribution is 7.18. The highest BCUT2D eigenvalue weighted by atomic mass is 32.1. The van der Waals surface area contributed by atoms with Crippen molar-refractivity contribution in [2.45, 2.75) is 20.4 Å². The second-order valence-electron chi connectivity index (χ2n) is 6.53. The van der Waals surface area contributed by atoms with Crippen LogP contribution in [0.4, 0.5) is 10.7 Å². The van der Waals surface area contributed by atoms with Gasteiger partial charge in [0.2, 0.25) is 0 Å². The third-order valence-corrected chi connectivity index (χ3v) is 5.59. The summed E-state index contributed by atoms with van der Waals surface area (Å²) in [5, 5.41) is 14.3. The molecule has 0 aliphatic rings. The van der Waals surface area contributed by atoms with Gasteiger partial charge in [0.15, 0.2) is 11.6 Å². The Morgan fingerprint density at radius 2 is 2.00 bits per heavy atom. The van der Waals surface area contributed by atoms with E-state index in [1.807, 2.05) is 42.7 Å². The van der Waals surface area contributed by atoms with Crippen molar-refractivity contribution in [1.29, 1.82) is 0 Å². The molecule has 2 N–H and O–H groups in total. The number of hydrogen-bond donors (Lipinski definition) is 2. The van der Waals surface area contributed by atoms with Gasteiger partial charge >= 0.3 is 0 Å². The molecule has 0 saturated heterocycles. The highest BCUT2D eigenvalue weighted by Gasteiger charge is 2.17. The number of rotatable bonds is 6. The van der Waals surface area contributed by atoms with Crippen LogP contribution in [0.25, 0.3) is 11.4 Å². The number of benzene rings is 1. The van der Waals surface area contributed by atoms with Crippen LogP contribution in [0.1, 0.15) is 32.7 Å². The summed E-state index contributed by atoms with van der Waals surface area (Å²) in [6, 6.07) is 12.4. The van der Waals surface area contributed by atoms with Crippen molar-refractivity contribution >= 4 is 33.8 Å². The van der Waals surface area contributed by atoms with Crippen molar-refractivity contribution in [2.24, 2.45) is 0 Å². The molecular formula is C21H19N5O3S. The normalized spacial score (nSPS) is 10.7. The number of amides is 2. The molecule has 30 heavy (non-hydrogen) atoms. The predicted octanol–water partition coefficient (Wildman–Crippen LogP) is 4.43. The lowest BCUT2D eigenvalue weighted by molar-refractivity contribution is 0.0995. The summed E-state index contributed by atoms with van der Waals surface area (Å²) in [6.45, 7) is 4.59. The van der Waals surface area contributed by atoms with Gasteiger partial charge in [-0.2, -0.15) is 0 Å². The first-order valence-electron chi connectivity index (χ1n) is 9.30. The number of nitrogens with one attached hydrogen (secondary N) is 2. The standard InChI is InChI=1S/C21H19N5O3S/c1-3-26-12-22-25-19(26)14-6-4-7-15(11-14)23-21(28)18-13(2)10-17(30-18)24-20(27)16-8-5-9-29-16/h4-12H,3H2,1-2H3,(H,23,28)(H,24,27). The van der Waals surface area contributed by atoms with E-state index in [-0.39, 0.29) is 17.6 Å². The van der Waals surface area contributed by atoms with Crippen molar-refractivity contribution in [3.63, 3.8) is 0 Å². The van der Waals surface area contributed by atoms with E-state index in [1.165, 1.54) is 17.6 Å². The van der Waals surface area contributed by atoms with Crippen molar-refractivity contribution in [3.05, 3.63) is 71.3 Å². The molecule has 2 amide bonds. The minimum atomic E-state index is -0.360. The van der Waals surface area contributed by atoms with E-state index in [2.05, 4.69) is 20.8 Å². The smallest absolute Gasteiger partial charge is 0.291 e. The van der Waals surface area contributed by atoms with Gasteiger partial charge in [-0.25, -0.2) is 0 Å². The van der Waals surface area contributed by atoms with E-state index in [9.17, 15) is 9.59 Å². The molecule has 3 aromatic heterocycles. The largest absolute Gasteiger partial charge is 0.459 e. The number of aromatic nitrogens is 3. The molecule has 4 rings (SSSR count). The summed E-state index contributed by atoms with van der Waals surface area (Å²) in [5.74, 6) is 0.346. The fourth-order valence-electron chi connectivity index (χ4n) is 2.98. The highest BCUT2D eigenvalue weighted by Crippen LogP contribution is 2.28. The molecule has 9 heteroatoms. The van der Waals surface area contributed by atoms with Crippen LogP contribution in [0, 0.1) is 6.92 Å². The van der Waals surface area contributed by atoms with Gasteiger partial charge in [0.05, 0.1) is 16.1 Å². The van der Waals surface area contributed by atoms with Crippen molar-refractivity contribution in [3.8, 4) is 11.4 Å². The van der Waals surface area contributed by atoms with Gasteiger partial charge in [-0.3, -0.25) is 9.59 Å². The van der Waals surface area contributed by atoms with E-state index in [1.54, 1.807) is 24.5 Å². The minimum Gasteiger partial charge on any atom is -0.459 e. The van der Waals surface area contributed by atoms with E-state index in [4.69, 9.17) is 4.42 Å². The van der Waals surface area contributed by atoms with Crippen molar-refractivity contribution < 1.29 is 14.0 Å². The fraction of sp³-hybridized carbons (Fsp3) is 0.143. The summed E-state index contributed by atoms with van der Waals surface area (Å²) in [4.78, 5) is 25.5. The third kappa shape index (κ3) is 4.01. The molecule has 0 radical (unpaired) electrons. The van der Waals surface area contributed by atoms with Gasteiger partial charge in [-0.1, -0.05) is 12.1 Å². The van der Waals surface area contributed by atoms with Crippen LogP contribution in [-0.4, -0.2) is 26.6 Å². The second-order valence-corrected chi connectivity index (χ2v) is 7.58. The number of anilines is 2. The maximum atomic E-state index is 12.8. The molecule has 0 atom stereocenters. The van der Waals surface area contributed by atoms with E-state index >= 15 is 0 Å². The molecule has 0 bridgehead atoms. The molecule has 0 saturated carbocycles. The Bertz CT molecular complexity index is 1190. The van der Waals surface area contributed by atoms with E-state index in [0.29, 0.717) is 15.6 Å². The molecular weight excluding hydrogens is 402 g/mol. The van der Waals surface area contributed by atoms with Crippen LogP contribution in [0.5, 0.6) is 0 Å². The maximum Gasteiger partial charge on any atom is 0.291 e. The molecule has 152 valence electrons. The predicted molar refractivity (Wildman–Crippen MR) is 115 cm³/mol. The lowest BCUT2D eigenvalue weighted by Gasteiger charge is -2.08. The van der Waals surface area contributed by atoms with Crippen molar-refractivity contribution in [1.82, 2.24) is 14.8 Å². The Balaban J connectivity index is 1.50. The third-order valence-electron chi connectivity index (χ3n) is 4.44. The van der Waals surface area contributed by atoms with Crippen LogP contribution in [0.15, 0.2) is 59.5 Å². The number of nitrogens with zero attached hydrogens (tertiary/aromatic N) is 3. The number of hydrogen-bond acceptors (Lipinski definition) is 6. The fourth-order valence-corrected chi connectivity index (χ4v) is 3.95. The van der Waals surface area contributed by atoms with Crippen LogP contribution >= 0.6 is 11.3 Å². The SMILES string of the molecule is CCn1cnnc1-c1cccc(NC(=O)c2sc(NC(=O)c3ccco3)cc2C)c1. The summed E-state index contributed by atoms with van der Waals surface area (Å²) >= 11 is 1.21. The molecule has 0 spiro atoms. The average Bonchev–Trinajstić information content (AvgIpc) is 3.49. The van der Waals surface area contributed by atoms with Gasteiger partial charge in [-0.05, 0) is 49.7 Å². The average molecular weight is 421 g/mol. The van der Waals surface area contributed by atoms with Gasteiger partial charge in [0.1, 0.15) is 6.33 Å². The summed E-state index contributed by atoms with van der Waals surface area (Å²) in [7, 11) is 0. The molecule has 4 aromatic rings. The minimum absolute atomic E-state index is 0.212. The van der Waals surface area contributed by atoms with E-state index in [0.717, 1.165) is 23.5 Å². The molecule has 3 heterocycles. The number of carbonyl (C=O) groups excluding carboxylic acids is 2. The number of aryl methyl sites for hydroxylation is 2. The molecule has 8 nitrogen and oxygen atoms in total. The number of thiophene rings is 1. The van der Waals surface area contributed by atoms with Crippen LogP contribution in [0.3, 0.4) is 0 Å². The first-order valence-corrected chi connectivity index (χ1v) is 10.1. The Morgan fingerprint density at radius 1 is 1.13 bits per heavy atom. The molecule has 0 unspecified atom stereocenters. The Hall–Kier alpha value is -3.72. The molecule has 0 aliphatic heterocycles. The first kappa shape index (κ1) is 19.6. The van der Waals surface area contributed by atoms with Gasteiger partial charge in [-0.15, -0.1) is 21.5 Å². The van der Waals surface area contributed by atoms with E-state index < -0.39 is 0 Å². The number of carbonyl (C=O) groups is 2. The Labute approximate surface area is 176 Å². The topological polar surface area (TPSA) is 102 Å². The Kier molecular flexibility index (Phi) is 5.44. The molecule has 1 aromatic carbocycles. The monoisotopic (exact) mass is 421 g/mol. The first-order chi connectivity index (χ1) is 14.5. The van der Waals surface area contributed by atoms with Gasteiger partial charge in [0, 0.05) is 17.8 Å². The molecule has 0 aliphatic carbocycles. The maximum absolute atomic E-state index is 12.8. The quantitative estimate of drug-likeness (QED) is 0.479. The lowest BCUT2D eigenvalue weighted by Crippen LogP contribution is -2.11. The lowest BCUT2D eigenvalue weighted by atomic mass is 10.2. The van der Waals surface area contributed by atoms with Crippen LogP contribution in [0.2, 0.25) is 0 Å². The Morgan fingerprint density at radius 3 is 2.77 bits per heavy atom. The van der Waals surface area contributed by atoms with Gasteiger partial charge in [0.25, 0.3) is 11.8 Å². The van der Waals surface area contributed by atoms with Crippen LogP contribution in [-0.2, 0) is 6.54 Å². The van der Waals surface area contributed by atoms with Crippen molar-refractivity contribution in [2.75, 3.05) is 10.6 Å². The number of furan rings is 1. The molecule has 0 fully saturated rings. The summed E-state index contributed by atoms with van der Waals surface area (Å²) in [6.07, 6.45) is 3.11. The zero-order chi connectivity index (χ0) is 21.1. The zero-order valence-corrected chi connectivity index (χ0v) is 17.2. The summed E-state index contributed by atoms with van der Waals surface area (Å²) in [5.41, 5.74) is 2.28. The van der Waals surface area contributed by atoms with Gasteiger partial charge < -0.3 is 19.6 Å². The zero-order valence-electron chi connectivity index (χ0n) is 16.4.